The lowest BCUT2D eigenvalue weighted by molar-refractivity contribution is -0.111. The van der Waals surface area contributed by atoms with Crippen molar-refractivity contribution in [1.29, 1.82) is 0 Å². The van der Waals surface area contributed by atoms with Crippen molar-refractivity contribution >= 4 is 5.78 Å². The average Bonchev–Trinajstić information content (AvgIpc) is 2.92. The van der Waals surface area contributed by atoms with Crippen molar-refractivity contribution in [1.82, 2.24) is 0 Å². The number of rotatable bonds is 0. The fourth-order valence-electron chi connectivity index (χ4n) is 3.75. The van der Waals surface area contributed by atoms with Gasteiger partial charge < -0.3 is 10.2 Å². The summed E-state index contributed by atoms with van der Waals surface area (Å²) < 4.78 is 0. The zero-order valence-corrected chi connectivity index (χ0v) is 15.0. The number of hydrogen-bond acceptors (Lipinski definition) is 3. The molecule has 2 aliphatic rings. The van der Waals surface area contributed by atoms with Crippen LogP contribution in [0.5, 0.6) is 0 Å². The topological polar surface area (TPSA) is 57.5 Å². The van der Waals surface area contributed by atoms with E-state index in [9.17, 15) is 15.0 Å². The van der Waals surface area contributed by atoms with Gasteiger partial charge in [-0.25, -0.2) is 0 Å². The quantitative estimate of drug-likeness (QED) is 0.671. The molecule has 2 N–H and O–H groups in total. The lowest BCUT2D eigenvalue weighted by Crippen LogP contribution is -2.27. The third-order valence-corrected chi connectivity index (χ3v) is 5.50. The van der Waals surface area contributed by atoms with E-state index in [1.807, 2.05) is 19.9 Å². The Bertz CT molecular complexity index is 563. The fourth-order valence-corrected chi connectivity index (χ4v) is 3.75. The molecule has 23 heavy (non-hydrogen) atoms. The second kappa shape index (κ2) is 6.37. The number of aliphatic hydroxyl groups is 2. The van der Waals surface area contributed by atoms with Crippen LogP contribution in [0.3, 0.4) is 0 Å². The smallest absolute Gasteiger partial charge is 0.181 e. The molecule has 0 amide bonds. The summed E-state index contributed by atoms with van der Waals surface area (Å²) >= 11 is 0. The summed E-state index contributed by atoms with van der Waals surface area (Å²) in [7, 11) is 0. The van der Waals surface area contributed by atoms with Gasteiger partial charge in [-0.05, 0) is 68.6 Å². The third kappa shape index (κ3) is 4.42. The molecule has 0 saturated heterocycles. The molecule has 0 bridgehead atoms. The molecule has 0 spiro atoms. The van der Waals surface area contributed by atoms with Crippen LogP contribution in [0.1, 0.15) is 53.9 Å². The molecule has 0 aromatic carbocycles. The predicted octanol–water partition coefficient (Wildman–Crippen LogP) is 3.57. The Hall–Kier alpha value is -1.19. The monoisotopic (exact) mass is 318 g/mol. The number of aliphatic hydroxyl groups excluding tert-OH is 1. The van der Waals surface area contributed by atoms with Crippen molar-refractivity contribution in [3.63, 3.8) is 0 Å². The van der Waals surface area contributed by atoms with Crippen LogP contribution >= 0.6 is 0 Å². The standard InChI is InChI=1S/C20H30O3/c1-13-6-7-16-17(19(16,3)4)11-14(2)18(22)8-9-20(5,23)12-15(21)10-13/h8-11,15-17,21,23H,6-7,12H2,1-5H3/b9-8+,13-10+,14-11+/t15?,16-,17+,20?/m1/s1. The lowest BCUT2D eigenvalue weighted by Gasteiger charge is -2.21. The summed E-state index contributed by atoms with van der Waals surface area (Å²) in [5.41, 5.74) is 0.933. The molecule has 128 valence electrons. The largest absolute Gasteiger partial charge is 0.389 e. The summed E-state index contributed by atoms with van der Waals surface area (Å²) in [6, 6.07) is 0. The molecule has 0 heterocycles. The van der Waals surface area contributed by atoms with Crippen molar-refractivity contribution in [2.45, 2.75) is 65.6 Å². The van der Waals surface area contributed by atoms with Crippen LogP contribution in [0, 0.1) is 17.3 Å². The molecule has 3 heteroatoms. The lowest BCUT2D eigenvalue weighted by atomic mass is 9.94. The van der Waals surface area contributed by atoms with E-state index in [2.05, 4.69) is 19.9 Å². The molecule has 1 fully saturated rings. The van der Waals surface area contributed by atoms with Gasteiger partial charge in [-0.15, -0.1) is 0 Å². The molecule has 2 unspecified atom stereocenters. The van der Waals surface area contributed by atoms with Crippen molar-refractivity contribution < 1.29 is 15.0 Å². The van der Waals surface area contributed by atoms with Crippen LogP contribution < -0.4 is 0 Å². The van der Waals surface area contributed by atoms with E-state index in [1.165, 1.54) is 12.2 Å². The number of carbonyl (C=O) groups is 1. The van der Waals surface area contributed by atoms with Gasteiger partial charge in [-0.3, -0.25) is 4.79 Å². The first-order valence-corrected chi connectivity index (χ1v) is 8.52. The normalized spacial score (nSPS) is 44.1. The van der Waals surface area contributed by atoms with Gasteiger partial charge in [0.15, 0.2) is 5.78 Å². The highest BCUT2D eigenvalue weighted by Gasteiger charge is 2.55. The van der Waals surface area contributed by atoms with Crippen molar-refractivity contribution in [3.05, 3.63) is 35.5 Å². The Morgan fingerprint density at radius 1 is 1.17 bits per heavy atom. The molecule has 0 aromatic rings. The van der Waals surface area contributed by atoms with Crippen molar-refractivity contribution in [2.24, 2.45) is 17.3 Å². The van der Waals surface area contributed by atoms with E-state index in [4.69, 9.17) is 0 Å². The van der Waals surface area contributed by atoms with Crippen LogP contribution in [-0.2, 0) is 4.79 Å². The zero-order valence-electron chi connectivity index (χ0n) is 15.0. The molecule has 4 atom stereocenters. The zero-order chi connectivity index (χ0) is 17.4. The van der Waals surface area contributed by atoms with E-state index >= 15 is 0 Å². The van der Waals surface area contributed by atoms with Gasteiger partial charge in [0, 0.05) is 6.42 Å². The number of carbonyl (C=O) groups excluding carboxylic acids is 1. The van der Waals surface area contributed by atoms with Gasteiger partial charge in [-0.1, -0.05) is 31.6 Å². The minimum absolute atomic E-state index is 0.0648. The number of fused-ring (bicyclic) bond motifs is 1. The van der Waals surface area contributed by atoms with E-state index in [1.54, 1.807) is 6.92 Å². The SMILES string of the molecule is C/C1=C\C(O)CC(C)(O)/C=C/C(=O)/C(C)=C/[C@H]2[C@@H](CC1)C2(C)C. The minimum Gasteiger partial charge on any atom is -0.389 e. The molecular formula is C20H30O3. The predicted molar refractivity (Wildman–Crippen MR) is 92.9 cm³/mol. The Morgan fingerprint density at radius 2 is 1.83 bits per heavy atom. The third-order valence-electron chi connectivity index (χ3n) is 5.50. The van der Waals surface area contributed by atoms with E-state index in [0.717, 1.165) is 24.0 Å². The van der Waals surface area contributed by atoms with Crippen molar-refractivity contribution in [2.75, 3.05) is 0 Å². The second-order valence-corrected chi connectivity index (χ2v) is 8.18. The van der Waals surface area contributed by atoms with Gasteiger partial charge in [0.1, 0.15) is 0 Å². The first kappa shape index (κ1) is 18.2. The maximum absolute atomic E-state index is 12.2. The Labute approximate surface area is 139 Å². The summed E-state index contributed by atoms with van der Waals surface area (Å²) in [6.45, 7) is 10.0. The number of allylic oxidation sites excluding steroid dienone is 4. The number of ketones is 1. The Kier molecular flexibility index (Phi) is 5.03. The average molecular weight is 318 g/mol. The highest BCUT2D eigenvalue weighted by Crippen LogP contribution is 2.61. The first-order valence-electron chi connectivity index (χ1n) is 8.52. The van der Waals surface area contributed by atoms with Crippen LogP contribution in [0.15, 0.2) is 35.5 Å². The van der Waals surface area contributed by atoms with Gasteiger partial charge in [-0.2, -0.15) is 0 Å². The van der Waals surface area contributed by atoms with Gasteiger partial charge in [0.2, 0.25) is 0 Å². The summed E-state index contributed by atoms with van der Waals surface area (Å²) in [5.74, 6) is 0.951. The van der Waals surface area contributed by atoms with Crippen molar-refractivity contribution in [3.8, 4) is 0 Å². The van der Waals surface area contributed by atoms with E-state index in [-0.39, 0.29) is 17.6 Å². The summed E-state index contributed by atoms with van der Waals surface area (Å²) in [5, 5.41) is 20.5. The van der Waals surface area contributed by atoms with Crippen LogP contribution in [0.25, 0.3) is 0 Å². The van der Waals surface area contributed by atoms with Crippen LogP contribution in [0.2, 0.25) is 0 Å². The Balaban J connectivity index is 2.29. The van der Waals surface area contributed by atoms with Gasteiger partial charge >= 0.3 is 0 Å². The molecule has 2 aliphatic carbocycles. The number of hydrogen-bond donors (Lipinski definition) is 2. The summed E-state index contributed by atoms with van der Waals surface area (Å²) in [4.78, 5) is 12.2. The van der Waals surface area contributed by atoms with Gasteiger partial charge in [0.25, 0.3) is 0 Å². The molecular weight excluding hydrogens is 288 g/mol. The molecule has 0 aromatic heterocycles. The molecule has 0 radical (unpaired) electrons. The van der Waals surface area contributed by atoms with Crippen LogP contribution in [0.4, 0.5) is 0 Å². The molecule has 0 aliphatic heterocycles. The van der Waals surface area contributed by atoms with Crippen LogP contribution in [-0.4, -0.2) is 27.7 Å². The minimum atomic E-state index is -1.20. The first-order chi connectivity index (χ1) is 10.5. The maximum Gasteiger partial charge on any atom is 0.181 e. The fraction of sp³-hybridized carbons (Fsp3) is 0.650. The Morgan fingerprint density at radius 3 is 2.48 bits per heavy atom. The molecule has 3 nitrogen and oxygen atoms in total. The maximum atomic E-state index is 12.2. The van der Waals surface area contributed by atoms with E-state index in [0.29, 0.717) is 11.8 Å². The van der Waals surface area contributed by atoms with Gasteiger partial charge in [0.05, 0.1) is 11.7 Å². The summed E-state index contributed by atoms with van der Waals surface area (Å²) in [6.07, 6.45) is 8.37. The highest BCUT2D eigenvalue weighted by atomic mass is 16.3. The molecule has 1 saturated carbocycles. The van der Waals surface area contributed by atoms with E-state index < -0.39 is 11.7 Å². The molecule has 2 rings (SSSR count). The second-order valence-electron chi connectivity index (χ2n) is 8.18. The highest BCUT2D eigenvalue weighted by molar-refractivity contribution is 6.03.